The lowest BCUT2D eigenvalue weighted by molar-refractivity contribution is 0.262. The first kappa shape index (κ1) is 15.7. The number of nitrogens with zero attached hydrogens (tertiary/aromatic N) is 1. The maximum Gasteiger partial charge on any atom is 0.161 e. The van der Waals surface area contributed by atoms with E-state index in [1.807, 2.05) is 12.1 Å². The number of likely N-dealkylation sites (N-methyl/N-ethyl adjacent to an activating group) is 1. The van der Waals surface area contributed by atoms with Crippen molar-refractivity contribution in [1.82, 2.24) is 4.90 Å². The van der Waals surface area contributed by atoms with Gasteiger partial charge in [-0.25, -0.2) is 0 Å². The standard InChI is InChI=1S/C19H23NO3/c1-20-10-9-14-11-17(22-3)18(23-4)12-16(14)19(20)13-5-7-15(21-2)8-6-13/h5-8,11-12,19H,9-10H2,1-4H3. The molecule has 0 bridgehead atoms. The largest absolute Gasteiger partial charge is 0.497 e. The molecule has 23 heavy (non-hydrogen) atoms. The smallest absolute Gasteiger partial charge is 0.161 e. The Labute approximate surface area is 137 Å². The Bertz CT molecular complexity index is 682. The van der Waals surface area contributed by atoms with E-state index in [1.54, 1.807) is 21.3 Å². The van der Waals surface area contributed by atoms with Gasteiger partial charge in [0.25, 0.3) is 0 Å². The summed E-state index contributed by atoms with van der Waals surface area (Å²) in [4.78, 5) is 2.37. The Morgan fingerprint density at radius 1 is 0.913 bits per heavy atom. The van der Waals surface area contributed by atoms with E-state index in [1.165, 1.54) is 16.7 Å². The minimum absolute atomic E-state index is 0.212. The maximum atomic E-state index is 5.49. The van der Waals surface area contributed by atoms with Gasteiger partial charge in [0.05, 0.1) is 27.4 Å². The molecule has 0 amide bonds. The number of fused-ring (bicyclic) bond motifs is 1. The van der Waals surface area contributed by atoms with Crippen LogP contribution in [0.4, 0.5) is 0 Å². The van der Waals surface area contributed by atoms with Crippen molar-refractivity contribution in [2.75, 3.05) is 34.9 Å². The van der Waals surface area contributed by atoms with E-state index in [2.05, 4.69) is 36.2 Å². The van der Waals surface area contributed by atoms with Crippen molar-refractivity contribution in [1.29, 1.82) is 0 Å². The van der Waals surface area contributed by atoms with Gasteiger partial charge in [-0.3, -0.25) is 4.90 Å². The van der Waals surface area contributed by atoms with E-state index >= 15 is 0 Å². The van der Waals surface area contributed by atoms with Crippen LogP contribution in [-0.4, -0.2) is 39.8 Å². The van der Waals surface area contributed by atoms with Crippen LogP contribution in [-0.2, 0) is 6.42 Å². The Kier molecular flexibility index (Phi) is 4.44. The molecule has 0 fully saturated rings. The zero-order valence-corrected chi connectivity index (χ0v) is 14.1. The van der Waals surface area contributed by atoms with Gasteiger partial charge in [0, 0.05) is 6.54 Å². The molecule has 0 N–H and O–H groups in total. The van der Waals surface area contributed by atoms with Crippen molar-refractivity contribution >= 4 is 0 Å². The molecule has 1 aliphatic heterocycles. The number of hydrogen-bond donors (Lipinski definition) is 0. The van der Waals surface area contributed by atoms with Gasteiger partial charge in [0.1, 0.15) is 5.75 Å². The molecule has 0 saturated heterocycles. The van der Waals surface area contributed by atoms with Crippen LogP contribution in [0.1, 0.15) is 22.7 Å². The third-order valence-electron chi connectivity index (χ3n) is 4.55. The second-order valence-electron chi connectivity index (χ2n) is 5.81. The first-order valence-electron chi connectivity index (χ1n) is 7.77. The lowest BCUT2D eigenvalue weighted by Crippen LogP contribution is -2.32. The van der Waals surface area contributed by atoms with Crippen molar-refractivity contribution in [3.8, 4) is 17.2 Å². The third-order valence-corrected chi connectivity index (χ3v) is 4.55. The molecule has 122 valence electrons. The number of rotatable bonds is 4. The van der Waals surface area contributed by atoms with Crippen LogP contribution >= 0.6 is 0 Å². The van der Waals surface area contributed by atoms with Gasteiger partial charge in [-0.1, -0.05) is 12.1 Å². The highest BCUT2D eigenvalue weighted by atomic mass is 16.5. The van der Waals surface area contributed by atoms with Crippen LogP contribution in [0.15, 0.2) is 36.4 Å². The first-order valence-corrected chi connectivity index (χ1v) is 7.77. The summed E-state index contributed by atoms with van der Waals surface area (Å²) in [5.74, 6) is 2.45. The summed E-state index contributed by atoms with van der Waals surface area (Å²) in [5, 5.41) is 0. The summed E-state index contributed by atoms with van der Waals surface area (Å²) in [6.45, 7) is 1.01. The summed E-state index contributed by atoms with van der Waals surface area (Å²) in [6, 6.07) is 12.7. The molecule has 0 aliphatic carbocycles. The van der Waals surface area contributed by atoms with Crippen molar-refractivity contribution in [3.63, 3.8) is 0 Å². The highest BCUT2D eigenvalue weighted by molar-refractivity contribution is 5.51. The highest BCUT2D eigenvalue weighted by Crippen LogP contribution is 2.40. The summed E-state index contributed by atoms with van der Waals surface area (Å²) in [5.41, 5.74) is 3.85. The zero-order valence-electron chi connectivity index (χ0n) is 14.1. The zero-order chi connectivity index (χ0) is 16.4. The summed E-state index contributed by atoms with van der Waals surface area (Å²) >= 11 is 0. The molecular weight excluding hydrogens is 290 g/mol. The maximum absolute atomic E-state index is 5.49. The fourth-order valence-electron chi connectivity index (χ4n) is 3.29. The Morgan fingerprint density at radius 3 is 2.17 bits per heavy atom. The molecule has 4 nitrogen and oxygen atoms in total. The molecule has 0 saturated carbocycles. The molecule has 2 aromatic carbocycles. The van der Waals surface area contributed by atoms with Crippen LogP contribution in [0, 0.1) is 0 Å². The number of methoxy groups -OCH3 is 3. The van der Waals surface area contributed by atoms with Gasteiger partial charge in [0.2, 0.25) is 0 Å². The van der Waals surface area contributed by atoms with Gasteiger partial charge in [0.15, 0.2) is 11.5 Å². The second-order valence-corrected chi connectivity index (χ2v) is 5.81. The monoisotopic (exact) mass is 313 g/mol. The molecule has 1 aliphatic rings. The number of ether oxygens (including phenoxy) is 3. The van der Waals surface area contributed by atoms with Gasteiger partial charge in [-0.05, 0) is 54.4 Å². The molecule has 4 heteroatoms. The minimum atomic E-state index is 0.212. The third kappa shape index (κ3) is 2.86. The number of benzene rings is 2. The predicted octanol–water partition coefficient (Wildman–Crippen LogP) is 3.29. The fourth-order valence-corrected chi connectivity index (χ4v) is 3.29. The Balaban J connectivity index is 2.07. The van der Waals surface area contributed by atoms with Crippen molar-refractivity contribution in [2.24, 2.45) is 0 Å². The Morgan fingerprint density at radius 2 is 1.57 bits per heavy atom. The first-order chi connectivity index (χ1) is 11.2. The van der Waals surface area contributed by atoms with E-state index in [4.69, 9.17) is 14.2 Å². The second kappa shape index (κ2) is 6.50. The van der Waals surface area contributed by atoms with E-state index in [0.717, 1.165) is 30.2 Å². The normalized spacial score (nSPS) is 17.5. The van der Waals surface area contributed by atoms with Crippen LogP contribution in [0.3, 0.4) is 0 Å². The highest BCUT2D eigenvalue weighted by Gasteiger charge is 2.28. The molecule has 3 rings (SSSR count). The van der Waals surface area contributed by atoms with Crippen LogP contribution < -0.4 is 14.2 Å². The number of hydrogen-bond acceptors (Lipinski definition) is 4. The summed E-state index contributed by atoms with van der Waals surface area (Å²) in [6.07, 6.45) is 1.01. The van der Waals surface area contributed by atoms with Gasteiger partial charge in [-0.15, -0.1) is 0 Å². The van der Waals surface area contributed by atoms with Crippen LogP contribution in [0.5, 0.6) is 17.2 Å². The van der Waals surface area contributed by atoms with Gasteiger partial charge >= 0.3 is 0 Å². The average molecular weight is 313 g/mol. The molecule has 1 atom stereocenters. The van der Waals surface area contributed by atoms with Crippen molar-refractivity contribution < 1.29 is 14.2 Å². The molecule has 0 spiro atoms. The van der Waals surface area contributed by atoms with E-state index in [9.17, 15) is 0 Å². The van der Waals surface area contributed by atoms with Gasteiger partial charge < -0.3 is 14.2 Å². The summed E-state index contributed by atoms with van der Waals surface area (Å²) < 4.78 is 16.2. The average Bonchev–Trinajstić information content (AvgIpc) is 2.60. The van der Waals surface area contributed by atoms with Crippen molar-refractivity contribution in [3.05, 3.63) is 53.1 Å². The lowest BCUT2D eigenvalue weighted by atomic mass is 9.88. The van der Waals surface area contributed by atoms with E-state index in [-0.39, 0.29) is 6.04 Å². The SMILES string of the molecule is COc1ccc(C2c3cc(OC)c(OC)cc3CCN2C)cc1. The molecule has 1 unspecified atom stereocenters. The fraction of sp³-hybridized carbons (Fsp3) is 0.368. The summed E-state index contributed by atoms with van der Waals surface area (Å²) in [7, 11) is 7.21. The molecule has 0 radical (unpaired) electrons. The molecule has 2 aromatic rings. The topological polar surface area (TPSA) is 30.9 Å². The molecule has 0 aromatic heterocycles. The van der Waals surface area contributed by atoms with Crippen molar-refractivity contribution in [2.45, 2.75) is 12.5 Å². The molecular formula is C19H23NO3. The Hall–Kier alpha value is -2.20. The lowest BCUT2D eigenvalue weighted by Gasteiger charge is -2.35. The van der Waals surface area contributed by atoms with E-state index < -0.39 is 0 Å². The predicted molar refractivity (Wildman–Crippen MR) is 90.7 cm³/mol. The quantitative estimate of drug-likeness (QED) is 0.867. The van der Waals surface area contributed by atoms with Crippen LogP contribution in [0.2, 0.25) is 0 Å². The van der Waals surface area contributed by atoms with E-state index in [0.29, 0.717) is 0 Å². The molecule has 1 heterocycles. The van der Waals surface area contributed by atoms with Gasteiger partial charge in [-0.2, -0.15) is 0 Å². The van der Waals surface area contributed by atoms with Crippen LogP contribution in [0.25, 0.3) is 0 Å². The minimum Gasteiger partial charge on any atom is -0.497 e.